The molecule has 104 valence electrons. The third kappa shape index (κ3) is 10.9. The van der Waals surface area contributed by atoms with E-state index in [0.29, 0.717) is 18.3 Å². The summed E-state index contributed by atoms with van der Waals surface area (Å²) in [6, 6.07) is 0. The van der Waals surface area contributed by atoms with E-state index in [4.69, 9.17) is 0 Å². The lowest BCUT2D eigenvalue weighted by Gasteiger charge is -2.27. The molecule has 0 aliphatic rings. The highest BCUT2D eigenvalue weighted by atomic mass is 32.2. The number of halogens is 3. The van der Waals surface area contributed by atoms with E-state index in [2.05, 4.69) is 39.9 Å². The van der Waals surface area contributed by atoms with Gasteiger partial charge < -0.3 is 5.32 Å². The molecule has 1 N–H and O–H groups in total. The van der Waals surface area contributed by atoms with Gasteiger partial charge in [0.1, 0.15) is 0 Å². The summed E-state index contributed by atoms with van der Waals surface area (Å²) in [5, 5.41) is 3.36. The molecule has 0 aliphatic heterocycles. The van der Waals surface area contributed by atoms with E-state index in [1.54, 1.807) is 0 Å². The fourth-order valence-electron chi connectivity index (χ4n) is 1.43. The van der Waals surface area contributed by atoms with E-state index in [0.717, 1.165) is 6.54 Å². The van der Waals surface area contributed by atoms with Crippen LogP contribution < -0.4 is 5.32 Å². The summed E-state index contributed by atoms with van der Waals surface area (Å²) in [5.74, 6) is 0.848. The van der Waals surface area contributed by atoms with Crippen LogP contribution >= 0.6 is 11.8 Å². The van der Waals surface area contributed by atoms with E-state index < -0.39 is 5.51 Å². The predicted molar refractivity (Wildman–Crippen MR) is 69.2 cm³/mol. The summed E-state index contributed by atoms with van der Waals surface area (Å²) in [6.07, 6.45) is 0.602. The fraction of sp³-hybridized carbons (Fsp3) is 1.00. The smallest absolute Gasteiger partial charge is 0.312 e. The maximum Gasteiger partial charge on any atom is 0.441 e. The van der Waals surface area contributed by atoms with Crippen LogP contribution in [0.5, 0.6) is 0 Å². The molecule has 0 saturated heterocycles. The molecule has 1 nitrogen and oxygen atoms in total. The Morgan fingerprint density at radius 1 is 1.12 bits per heavy atom. The zero-order valence-electron chi connectivity index (χ0n) is 11.3. The lowest BCUT2D eigenvalue weighted by atomic mass is 9.92. The van der Waals surface area contributed by atoms with Crippen molar-refractivity contribution in [3.63, 3.8) is 0 Å². The molecular formula is C12H24F3NS. The highest BCUT2D eigenvalue weighted by Crippen LogP contribution is 2.32. The first-order chi connectivity index (χ1) is 7.51. The lowest BCUT2D eigenvalue weighted by Crippen LogP contribution is -2.40. The normalized spacial score (nSPS) is 15.4. The monoisotopic (exact) mass is 271 g/mol. The summed E-state index contributed by atoms with van der Waals surface area (Å²) in [7, 11) is 0. The van der Waals surface area contributed by atoms with E-state index in [-0.39, 0.29) is 23.1 Å². The fourth-order valence-corrected chi connectivity index (χ4v) is 2.09. The Hall–Kier alpha value is 0.1000. The summed E-state index contributed by atoms with van der Waals surface area (Å²) in [5.41, 5.74) is -4.08. The van der Waals surface area contributed by atoms with Crippen molar-refractivity contribution in [2.75, 3.05) is 12.3 Å². The second-order valence-corrected chi connectivity index (χ2v) is 6.88. The van der Waals surface area contributed by atoms with Gasteiger partial charge in [-0.3, -0.25) is 0 Å². The minimum Gasteiger partial charge on any atom is -0.312 e. The van der Waals surface area contributed by atoms with E-state index in [1.165, 1.54) is 0 Å². The Kier molecular flexibility index (Phi) is 6.92. The van der Waals surface area contributed by atoms with Gasteiger partial charge in [-0.2, -0.15) is 13.2 Å². The number of thioether (sulfide) groups is 1. The second-order valence-electron chi connectivity index (χ2n) is 5.72. The summed E-state index contributed by atoms with van der Waals surface area (Å²) >= 11 is 0.0849. The van der Waals surface area contributed by atoms with Gasteiger partial charge in [0.15, 0.2) is 0 Å². The number of alkyl halides is 3. The Labute approximate surface area is 107 Å². The average molecular weight is 271 g/mol. The molecule has 0 saturated carbocycles. The van der Waals surface area contributed by atoms with Crippen LogP contribution in [-0.2, 0) is 0 Å². The molecule has 0 heterocycles. The summed E-state index contributed by atoms with van der Waals surface area (Å²) in [4.78, 5) is 0. The topological polar surface area (TPSA) is 12.0 Å². The van der Waals surface area contributed by atoms with Gasteiger partial charge in [0, 0.05) is 11.3 Å². The molecule has 0 aromatic carbocycles. The Morgan fingerprint density at radius 3 is 2.00 bits per heavy atom. The van der Waals surface area contributed by atoms with Crippen LogP contribution in [0, 0.1) is 11.8 Å². The Bertz CT molecular complexity index is 209. The van der Waals surface area contributed by atoms with Crippen LogP contribution in [0.15, 0.2) is 0 Å². The molecule has 0 spiro atoms. The zero-order valence-corrected chi connectivity index (χ0v) is 12.1. The van der Waals surface area contributed by atoms with E-state index in [1.807, 2.05) is 0 Å². The SMILES string of the molecule is CC(C)C(CCSC(F)(F)F)CNC(C)(C)C. The maximum absolute atomic E-state index is 12.0. The van der Waals surface area contributed by atoms with E-state index in [9.17, 15) is 13.2 Å². The summed E-state index contributed by atoms with van der Waals surface area (Å²) < 4.78 is 36.1. The molecule has 5 heteroatoms. The van der Waals surface area contributed by atoms with Crippen molar-refractivity contribution >= 4 is 11.8 Å². The van der Waals surface area contributed by atoms with Crippen molar-refractivity contribution in [3.8, 4) is 0 Å². The highest BCUT2D eigenvalue weighted by Gasteiger charge is 2.28. The van der Waals surface area contributed by atoms with Crippen molar-refractivity contribution in [3.05, 3.63) is 0 Å². The van der Waals surface area contributed by atoms with Crippen LogP contribution in [0.4, 0.5) is 13.2 Å². The lowest BCUT2D eigenvalue weighted by molar-refractivity contribution is -0.0328. The minimum absolute atomic E-state index is 0.0182. The second kappa shape index (κ2) is 6.88. The Balaban J connectivity index is 4.00. The van der Waals surface area contributed by atoms with Crippen molar-refractivity contribution in [2.24, 2.45) is 11.8 Å². The molecule has 0 amide bonds. The zero-order chi connectivity index (χ0) is 13.7. The van der Waals surface area contributed by atoms with Gasteiger partial charge >= 0.3 is 5.51 Å². The predicted octanol–water partition coefficient (Wildman–Crippen LogP) is 4.29. The van der Waals surface area contributed by atoms with Gasteiger partial charge in [0.05, 0.1) is 0 Å². The highest BCUT2D eigenvalue weighted by molar-refractivity contribution is 8.00. The van der Waals surface area contributed by atoms with Crippen molar-refractivity contribution in [1.29, 1.82) is 0 Å². The standard InChI is InChI=1S/C12H24F3NS/c1-9(2)10(8-16-11(3,4)5)6-7-17-12(13,14)15/h9-10,16H,6-8H2,1-5H3. The molecule has 1 unspecified atom stereocenters. The molecule has 0 radical (unpaired) electrons. The van der Waals surface area contributed by atoms with E-state index >= 15 is 0 Å². The van der Waals surface area contributed by atoms with Gasteiger partial charge in [-0.1, -0.05) is 25.6 Å². The quantitative estimate of drug-likeness (QED) is 0.773. The van der Waals surface area contributed by atoms with Crippen molar-refractivity contribution in [2.45, 2.75) is 52.1 Å². The molecule has 1 atom stereocenters. The van der Waals surface area contributed by atoms with Crippen LogP contribution in [0.25, 0.3) is 0 Å². The average Bonchev–Trinajstić information content (AvgIpc) is 2.06. The Morgan fingerprint density at radius 2 is 1.65 bits per heavy atom. The first kappa shape index (κ1) is 17.1. The first-order valence-corrected chi connectivity index (χ1v) is 6.95. The number of hydrogen-bond donors (Lipinski definition) is 1. The number of nitrogens with one attached hydrogen (secondary N) is 1. The third-order valence-corrected chi connectivity index (χ3v) is 3.36. The van der Waals surface area contributed by atoms with Crippen molar-refractivity contribution < 1.29 is 13.2 Å². The molecule has 17 heavy (non-hydrogen) atoms. The van der Waals surface area contributed by atoms with Gasteiger partial charge in [-0.15, -0.1) is 0 Å². The minimum atomic E-state index is -4.10. The molecule has 0 aromatic heterocycles. The van der Waals surface area contributed by atoms with Gasteiger partial charge in [-0.05, 0) is 45.6 Å². The largest absolute Gasteiger partial charge is 0.441 e. The molecule has 0 bridgehead atoms. The van der Waals surface area contributed by atoms with Crippen LogP contribution in [0.2, 0.25) is 0 Å². The van der Waals surface area contributed by atoms with Gasteiger partial charge in [-0.25, -0.2) is 0 Å². The number of rotatable bonds is 6. The molecule has 0 aromatic rings. The molecular weight excluding hydrogens is 247 g/mol. The maximum atomic E-state index is 12.0. The van der Waals surface area contributed by atoms with Gasteiger partial charge in [0.25, 0.3) is 0 Å². The van der Waals surface area contributed by atoms with Crippen molar-refractivity contribution in [1.82, 2.24) is 5.32 Å². The third-order valence-electron chi connectivity index (χ3n) is 2.59. The van der Waals surface area contributed by atoms with Crippen LogP contribution in [0.3, 0.4) is 0 Å². The molecule has 0 aliphatic carbocycles. The molecule has 0 fully saturated rings. The van der Waals surface area contributed by atoms with Gasteiger partial charge in [0.2, 0.25) is 0 Å². The molecule has 0 rings (SSSR count). The van der Waals surface area contributed by atoms with Crippen LogP contribution in [-0.4, -0.2) is 23.3 Å². The van der Waals surface area contributed by atoms with Crippen LogP contribution in [0.1, 0.15) is 41.0 Å². The first-order valence-electron chi connectivity index (χ1n) is 5.97. The number of hydrogen-bond acceptors (Lipinski definition) is 2. The summed E-state index contributed by atoms with van der Waals surface area (Å²) in [6.45, 7) is 11.1.